The van der Waals surface area contributed by atoms with Gasteiger partial charge in [0.25, 0.3) is 0 Å². The zero-order valence-corrected chi connectivity index (χ0v) is 11.8. The molecule has 0 aromatic carbocycles. The summed E-state index contributed by atoms with van der Waals surface area (Å²) < 4.78 is 6.47. The normalized spacial score (nSPS) is 10.6. The van der Waals surface area contributed by atoms with Crippen LogP contribution >= 0.6 is 0 Å². The van der Waals surface area contributed by atoms with Crippen LogP contribution in [-0.2, 0) is 16.1 Å². The molecule has 0 aliphatic heterocycles. The molecule has 0 saturated heterocycles. The van der Waals surface area contributed by atoms with E-state index in [1.165, 1.54) is 4.68 Å². The van der Waals surface area contributed by atoms with Gasteiger partial charge in [-0.1, -0.05) is 19.1 Å². The van der Waals surface area contributed by atoms with Crippen LogP contribution in [0.25, 0.3) is 0 Å². The first kappa shape index (κ1) is 15.1. The largest absolute Gasteiger partial charge is 0.461 e. The summed E-state index contributed by atoms with van der Waals surface area (Å²) in [6.07, 6.45) is 0. The Bertz CT molecular complexity index is 454. The smallest absolute Gasteiger partial charge is 0.360 e. The second-order valence-corrected chi connectivity index (χ2v) is 4.63. The highest BCUT2D eigenvalue weighted by Gasteiger charge is 2.19. The van der Waals surface area contributed by atoms with Crippen molar-refractivity contribution in [2.24, 2.45) is 5.92 Å². The Morgan fingerprint density at radius 3 is 2.68 bits per heavy atom. The van der Waals surface area contributed by atoms with Gasteiger partial charge in [0.2, 0.25) is 5.91 Å². The minimum atomic E-state index is -0.506. The van der Waals surface area contributed by atoms with Crippen molar-refractivity contribution in [1.82, 2.24) is 20.3 Å². The number of rotatable bonds is 6. The number of ether oxygens (including phenoxy) is 1. The lowest BCUT2D eigenvalue weighted by molar-refractivity contribution is -0.121. The van der Waals surface area contributed by atoms with Crippen LogP contribution in [0.1, 0.15) is 37.0 Å². The summed E-state index contributed by atoms with van der Waals surface area (Å²) >= 11 is 0. The fourth-order valence-electron chi connectivity index (χ4n) is 1.40. The van der Waals surface area contributed by atoms with E-state index in [1.807, 2.05) is 20.8 Å². The van der Waals surface area contributed by atoms with Crippen LogP contribution in [0.2, 0.25) is 0 Å². The van der Waals surface area contributed by atoms with Crippen molar-refractivity contribution in [2.75, 3.05) is 13.2 Å². The molecule has 0 saturated carbocycles. The van der Waals surface area contributed by atoms with Crippen molar-refractivity contribution >= 4 is 11.9 Å². The van der Waals surface area contributed by atoms with E-state index in [-0.39, 0.29) is 24.1 Å². The summed E-state index contributed by atoms with van der Waals surface area (Å²) in [5, 5.41) is 10.2. The van der Waals surface area contributed by atoms with Gasteiger partial charge in [0, 0.05) is 6.54 Å². The lowest BCUT2D eigenvalue weighted by atomic mass is 10.2. The van der Waals surface area contributed by atoms with Crippen LogP contribution in [0.15, 0.2) is 0 Å². The summed E-state index contributed by atoms with van der Waals surface area (Å²) in [6, 6.07) is 0. The minimum absolute atomic E-state index is 0.0458. The van der Waals surface area contributed by atoms with E-state index < -0.39 is 5.97 Å². The van der Waals surface area contributed by atoms with E-state index >= 15 is 0 Å². The highest BCUT2D eigenvalue weighted by molar-refractivity contribution is 5.88. The van der Waals surface area contributed by atoms with E-state index in [4.69, 9.17) is 4.74 Å². The van der Waals surface area contributed by atoms with E-state index in [9.17, 15) is 9.59 Å². The monoisotopic (exact) mass is 268 g/mol. The molecule has 7 heteroatoms. The molecule has 1 heterocycles. The minimum Gasteiger partial charge on any atom is -0.461 e. The van der Waals surface area contributed by atoms with Crippen molar-refractivity contribution in [3.05, 3.63) is 11.4 Å². The second kappa shape index (κ2) is 6.86. The molecule has 0 radical (unpaired) electrons. The first-order valence-corrected chi connectivity index (χ1v) is 6.29. The van der Waals surface area contributed by atoms with Crippen LogP contribution in [0.4, 0.5) is 0 Å². The molecule has 19 heavy (non-hydrogen) atoms. The number of esters is 1. The quantitative estimate of drug-likeness (QED) is 0.761. The third-order valence-corrected chi connectivity index (χ3v) is 2.39. The number of hydrogen-bond acceptors (Lipinski definition) is 5. The van der Waals surface area contributed by atoms with Crippen LogP contribution in [-0.4, -0.2) is 40.0 Å². The highest BCUT2D eigenvalue weighted by Crippen LogP contribution is 2.06. The Hall–Kier alpha value is -1.92. The van der Waals surface area contributed by atoms with Gasteiger partial charge in [-0.2, -0.15) is 0 Å². The predicted octanol–water partition coefficient (Wildman–Crippen LogP) is 0.535. The predicted molar refractivity (Wildman–Crippen MR) is 68.6 cm³/mol. The zero-order valence-electron chi connectivity index (χ0n) is 11.8. The number of hydrogen-bond donors (Lipinski definition) is 1. The Morgan fingerprint density at radius 2 is 2.11 bits per heavy atom. The summed E-state index contributed by atoms with van der Waals surface area (Å²) in [5.41, 5.74) is 0.685. The molecule has 0 aliphatic carbocycles. The molecule has 7 nitrogen and oxygen atoms in total. The fraction of sp³-hybridized carbons (Fsp3) is 0.667. The third kappa shape index (κ3) is 4.35. The fourth-order valence-corrected chi connectivity index (χ4v) is 1.40. The van der Waals surface area contributed by atoms with Gasteiger partial charge < -0.3 is 10.1 Å². The molecular weight excluding hydrogens is 248 g/mol. The summed E-state index contributed by atoms with van der Waals surface area (Å²) in [4.78, 5) is 23.2. The maximum atomic E-state index is 11.8. The van der Waals surface area contributed by atoms with Crippen molar-refractivity contribution in [1.29, 1.82) is 0 Å². The summed E-state index contributed by atoms with van der Waals surface area (Å²) in [5.74, 6) is -0.416. The van der Waals surface area contributed by atoms with Gasteiger partial charge in [-0.05, 0) is 19.8 Å². The van der Waals surface area contributed by atoms with E-state index in [0.717, 1.165) is 0 Å². The van der Waals surface area contributed by atoms with Gasteiger partial charge in [-0.15, -0.1) is 5.10 Å². The van der Waals surface area contributed by atoms with Crippen LogP contribution in [0.3, 0.4) is 0 Å². The van der Waals surface area contributed by atoms with Gasteiger partial charge in [0.15, 0.2) is 5.69 Å². The van der Waals surface area contributed by atoms with Gasteiger partial charge in [-0.3, -0.25) is 4.79 Å². The Balaban J connectivity index is 2.69. The number of aromatic nitrogens is 3. The average molecular weight is 268 g/mol. The van der Waals surface area contributed by atoms with Crippen molar-refractivity contribution < 1.29 is 14.3 Å². The van der Waals surface area contributed by atoms with Gasteiger partial charge in [-0.25, -0.2) is 9.48 Å². The van der Waals surface area contributed by atoms with Crippen LogP contribution in [0.5, 0.6) is 0 Å². The van der Waals surface area contributed by atoms with Gasteiger partial charge in [0.05, 0.1) is 12.3 Å². The molecule has 0 bridgehead atoms. The zero-order chi connectivity index (χ0) is 14.4. The van der Waals surface area contributed by atoms with Crippen molar-refractivity contribution in [3.63, 3.8) is 0 Å². The molecule has 0 fully saturated rings. The maximum absolute atomic E-state index is 11.8. The van der Waals surface area contributed by atoms with Gasteiger partial charge in [0.1, 0.15) is 6.54 Å². The van der Waals surface area contributed by atoms with E-state index in [1.54, 1.807) is 6.92 Å². The molecule has 0 spiro atoms. The molecule has 1 amide bonds. The number of amides is 1. The SMILES string of the molecule is CCNC(=O)Cn1nnc(C(=O)OCC(C)C)c1C. The van der Waals surface area contributed by atoms with E-state index in [2.05, 4.69) is 15.6 Å². The number of likely N-dealkylation sites (N-methyl/N-ethyl adjacent to an activating group) is 1. The number of carbonyl (C=O) groups excluding carboxylic acids is 2. The lowest BCUT2D eigenvalue weighted by Crippen LogP contribution is -2.28. The Labute approximate surface area is 112 Å². The van der Waals surface area contributed by atoms with Crippen LogP contribution in [0, 0.1) is 12.8 Å². The Morgan fingerprint density at radius 1 is 1.42 bits per heavy atom. The average Bonchev–Trinajstić information content (AvgIpc) is 2.68. The first-order chi connectivity index (χ1) is 8.95. The molecule has 1 aromatic heterocycles. The van der Waals surface area contributed by atoms with Crippen LogP contribution < -0.4 is 5.32 Å². The molecule has 0 unspecified atom stereocenters. The van der Waals surface area contributed by atoms with Gasteiger partial charge >= 0.3 is 5.97 Å². The standard InChI is InChI=1S/C12H20N4O3/c1-5-13-10(17)6-16-9(4)11(14-15-16)12(18)19-7-8(2)3/h8H,5-7H2,1-4H3,(H,13,17). The number of carbonyl (C=O) groups is 2. The number of nitrogens with zero attached hydrogens (tertiary/aromatic N) is 3. The third-order valence-electron chi connectivity index (χ3n) is 2.39. The Kier molecular flexibility index (Phi) is 5.47. The molecule has 106 valence electrons. The topological polar surface area (TPSA) is 86.1 Å². The number of nitrogens with one attached hydrogen (secondary N) is 1. The second-order valence-electron chi connectivity index (χ2n) is 4.63. The molecule has 1 rings (SSSR count). The highest BCUT2D eigenvalue weighted by atomic mass is 16.5. The first-order valence-electron chi connectivity index (χ1n) is 6.29. The molecule has 0 aliphatic rings. The molecule has 0 atom stereocenters. The molecular formula is C12H20N4O3. The molecule has 1 aromatic rings. The summed E-state index contributed by atoms with van der Waals surface area (Å²) in [7, 11) is 0. The van der Waals surface area contributed by atoms with Crippen molar-refractivity contribution in [3.8, 4) is 0 Å². The van der Waals surface area contributed by atoms with Crippen molar-refractivity contribution in [2.45, 2.75) is 34.2 Å². The maximum Gasteiger partial charge on any atom is 0.360 e. The van der Waals surface area contributed by atoms with E-state index in [0.29, 0.717) is 18.8 Å². The molecule has 1 N–H and O–H groups in total. The lowest BCUT2D eigenvalue weighted by Gasteiger charge is -2.06. The summed E-state index contributed by atoms with van der Waals surface area (Å²) in [6.45, 7) is 8.35.